The summed E-state index contributed by atoms with van der Waals surface area (Å²) in [5, 5.41) is 4.75. The molecule has 0 fully saturated rings. The van der Waals surface area contributed by atoms with Crippen molar-refractivity contribution in [2.75, 3.05) is 4.90 Å². The summed E-state index contributed by atoms with van der Waals surface area (Å²) in [4.78, 5) is 2.41. The molecule has 0 aliphatic carbocycles. The summed E-state index contributed by atoms with van der Waals surface area (Å²) >= 11 is 0. The predicted molar refractivity (Wildman–Crippen MR) is 221 cm³/mol. The first-order chi connectivity index (χ1) is 25.4. The molecule has 2 nitrogen and oxygen atoms in total. The smallest absolute Gasteiger partial charge is 0.136 e. The molecule has 9 aromatic rings. The number of anilines is 3. The largest absolute Gasteiger partial charge is 0.456 e. The zero-order chi connectivity index (χ0) is 35.2. The summed E-state index contributed by atoms with van der Waals surface area (Å²) < 4.78 is 6.30. The molecule has 250 valence electrons. The van der Waals surface area contributed by atoms with E-state index in [1.165, 1.54) is 38.6 Å². The number of nitrogens with zero attached hydrogens (tertiary/aromatic N) is 1. The van der Waals surface area contributed by atoms with Crippen molar-refractivity contribution in [1.29, 1.82) is 0 Å². The second-order valence-corrected chi connectivity index (χ2v) is 14.6. The molecule has 0 spiro atoms. The van der Waals surface area contributed by atoms with E-state index >= 15 is 0 Å². The Morgan fingerprint density at radius 2 is 1.06 bits per heavy atom. The highest BCUT2D eigenvalue weighted by Gasteiger charge is 2.21. The van der Waals surface area contributed by atoms with Crippen molar-refractivity contribution in [3.05, 3.63) is 188 Å². The van der Waals surface area contributed by atoms with Crippen LogP contribution in [0.1, 0.15) is 26.3 Å². The van der Waals surface area contributed by atoms with Gasteiger partial charge in [0, 0.05) is 27.7 Å². The molecule has 1 heterocycles. The summed E-state index contributed by atoms with van der Waals surface area (Å²) in [5.74, 6) is 0. The molecule has 52 heavy (non-hydrogen) atoms. The number of para-hydroxylation sites is 2. The average molecular weight is 670 g/mol. The van der Waals surface area contributed by atoms with Crippen molar-refractivity contribution in [2.45, 2.75) is 26.2 Å². The second kappa shape index (κ2) is 12.7. The first-order valence-electron chi connectivity index (χ1n) is 18.0. The fourth-order valence-electron chi connectivity index (χ4n) is 7.59. The Kier molecular flexibility index (Phi) is 7.74. The maximum absolute atomic E-state index is 6.30. The van der Waals surface area contributed by atoms with E-state index in [1.807, 2.05) is 12.1 Å². The molecule has 0 aliphatic heterocycles. The third kappa shape index (κ3) is 5.63. The van der Waals surface area contributed by atoms with Crippen LogP contribution < -0.4 is 4.90 Å². The summed E-state index contributed by atoms with van der Waals surface area (Å²) in [7, 11) is 0. The lowest BCUT2D eigenvalue weighted by Crippen LogP contribution is -2.14. The number of hydrogen-bond acceptors (Lipinski definition) is 2. The number of rotatable bonds is 6. The highest BCUT2D eigenvalue weighted by Crippen LogP contribution is 2.45. The molecular weight excluding hydrogens is 631 g/mol. The van der Waals surface area contributed by atoms with Gasteiger partial charge in [-0.25, -0.2) is 0 Å². The van der Waals surface area contributed by atoms with E-state index in [9.17, 15) is 0 Å². The van der Waals surface area contributed by atoms with Crippen LogP contribution in [-0.4, -0.2) is 0 Å². The highest BCUT2D eigenvalue weighted by atomic mass is 16.3. The van der Waals surface area contributed by atoms with Crippen LogP contribution >= 0.6 is 0 Å². The molecule has 0 aliphatic rings. The van der Waals surface area contributed by atoms with E-state index in [4.69, 9.17) is 4.42 Å². The molecule has 9 rings (SSSR count). The van der Waals surface area contributed by atoms with Gasteiger partial charge in [-0.1, -0.05) is 154 Å². The van der Waals surface area contributed by atoms with Crippen LogP contribution in [0.15, 0.2) is 186 Å². The molecule has 2 heteroatoms. The van der Waals surface area contributed by atoms with Gasteiger partial charge in [-0.05, 0) is 98.1 Å². The molecule has 0 atom stereocenters. The molecule has 0 N–H and O–H groups in total. The standard InChI is InChI=1S/C50H39NO/c1-50(2,3)38-27-29-39(30-28-38)51(40-19-11-18-36(32-40)37-26-31-44-43-21-8-10-25-47(43)52-48(44)33-37)46-24-9-7-20-42(46)45-23-13-17-35-16-12-22-41(49(35)45)34-14-5-4-6-15-34/h4-33H,1-3H3. The molecule has 0 unspecified atom stereocenters. The van der Waals surface area contributed by atoms with Gasteiger partial charge >= 0.3 is 0 Å². The van der Waals surface area contributed by atoms with E-state index in [2.05, 4.69) is 196 Å². The van der Waals surface area contributed by atoms with Crippen molar-refractivity contribution in [1.82, 2.24) is 0 Å². The zero-order valence-corrected chi connectivity index (χ0v) is 29.7. The SMILES string of the molecule is CC(C)(C)c1ccc(N(c2cccc(-c3ccc4c(c3)oc3ccccc34)c2)c2ccccc2-c2cccc3cccc(-c4ccccc4)c23)cc1. The molecule has 0 saturated carbocycles. The van der Waals surface area contributed by atoms with Crippen LogP contribution in [0.5, 0.6) is 0 Å². The molecule has 0 amide bonds. The Labute approximate surface area is 305 Å². The lowest BCUT2D eigenvalue weighted by molar-refractivity contribution is 0.590. The van der Waals surface area contributed by atoms with Crippen LogP contribution in [0.3, 0.4) is 0 Å². The number of benzene rings is 8. The Hall–Kier alpha value is -6.38. The molecule has 8 aromatic carbocycles. The lowest BCUT2D eigenvalue weighted by Gasteiger charge is -2.29. The van der Waals surface area contributed by atoms with Crippen molar-refractivity contribution in [2.24, 2.45) is 0 Å². The minimum absolute atomic E-state index is 0.0489. The molecule has 0 saturated heterocycles. The van der Waals surface area contributed by atoms with Gasteiger partial charge in [0.1, 0.15) is 11.2 Å². The quantitative estimate of drug-likeness (QED) is 0.175. The van der Waals surface area contributed by atoms with Crippen molar-refractivity contribution in [3.63, 3.8) is 0 Å². The van der Waals surface area contributed by atoms with E-state index in [-0.39, 0.29) is 5.41 Å². The van der Waals surface area contributed by atoms with Crippen LogP contribution in [-0.2, 0) is 5.41 Å². The fourth-order valence-corrected chi connectivity index (χ4v) is 7.59. The van der Waals surface area contributed by atoms with Crippen molar-refractivity contribution >= 4 is 49.8 Å². The number of hydrogen-bond donors (Lipinski definition) is 0. The van der Waals surface area contributed by atoms with Crippen LogP contribution in [0.4, 0.5) is 17.1 Å². The highest BCUT2D eigenvalue weighted by molar-refractivity contribution is 6.09. The number of furan rings is 1. The second-order valence-electron chi connectivity index (χ2n) is 14.6. The normalized spacial score (nSPS) is 11.8. The minimum atomic E-state index is 0.0489. The van der Waals surface area contributed by atoms with E-state index in [0.717, 1.165) is 50.1 Å². The van der Waals surface area contributed by atoms with Gasteiger partial charge in [0.05, 0.1) is 5.69 Å². The monoisotopic (exact) mass is 669 g/mol. The first kappa shape index (κ1) is 31.6. The van der Waals surface area contributed by atoms with E-state index in [1.54, 1.807) is 0 Å². The summed E-state index contributed by atoms with van der Waals surface area (Å²) in [6.45, 7) is 6.80. The Bertz CT molecular complexity index is 2710. The fraction of sp³-hybridized carbons (Fsp3) is 0.0800. The Balaban J connectivity index is 1.24. The van der Waals surface area contributed by atoms with E-state index in [0.29, 0.717) is 0 Å². The lowest BCUT2D eigenvalue weighted by atomic mass is 9.87. The van der Waals surface area contributed by atoms with Gasteiger partial charge in [0.25, 0.3) is 0 Å². The van der Waals surface area contributed by atoms with Crippen LogP contribution in [0, 0.1) is 0 Å². The van der Waals surface area contributed by atoms with Gasteiger partial charge < -0.3 is 9.32 Å². The van der Waals surface area contributed by atoms with E-state index < -0.39 is 0 Å². The topological polar surface area (TPSA) is 16.4 Å². The van der Waals surface area contributed by atoms with Gasteiger partial charge in [-0.15, -0.1) is 0 Å². The average Bonchev–Trinajstić information content (AvgIpc) is 3.56. The van der Waals surface area contributed by atoms with Gasteiger partial charge in [-0.3, -0.25) is 0 Å². The minimum Gasteiger partial charge on any atom is -0.456 e. The number of fused-ring (bicyclic) bond motifs is 4. The summed E-state index contributed by atoms with van der Waals surface area (Å²) in [5.41, 5.74) is 13.5. The van der Waals surface area contributed by atoms with Gasteiger partial charge in [0.15, 0.2) is 0 Å². The molecular formula is C50H39NO. The van der Waals surface area contributed by atoms with Crippen molar-refractivity contribution < 1.29 is 4.42 Å². The third-order valence-electron chi connectivity index (χ3n) is 10.2. The van der Waals surface area contributed by atoms with Gasteiger partial charge in [0.2, 0.25) is 0 Å². The molecule has 0 bridgehead atoms. The van der Waals surface area contributed by atoms with Crippen molar-refractivity contribution in [3.8, 4) is 33.4 Å². The zero-order valence-electron chi connectivity index (χ0n) is 29.7. The Morgan fingerprint density at radius 1 is 0.423 bits per heavy atom. The molecule has 0 radical (unpaired) electrons. The Morgan fingerprint density at radius 3 is 1.87 bits per heavy atom. The molecule has 1 aromatic heterocycles. The third-order valence-corrected chi connectivity index (χ3v) is 10.2. The summed E-state index contributed by atoms with van der Waals surface area (Å²) in [6, 6.07) is 65.6. The van der Waals surface area contributed by atoms with Gasteiger partial charge in [-0.2, -0.15) is 0 Å². The van der Waals surface area contributed by atoms with Crippen LogP contribution in [0.25, 0.3) is 66.1 Å². The summed E-state index contributed by atoms with van der Waals surface area (Å²) in [6.07, 6.45) is 0. The predicted octanol–water partition coefficient (Wildman–Crippen LogP) is 14.5. The van der Waals surface area contributed by atoms with Crippen LogP contribution in [0.2, 0.25) is 0 Å². The maximum atomic E-state index is 6.30. The maximum Gasteiger partial charge on any atom is 0.136 e. The first-order valence-corrected chi connectivity index (χ1v) is 18.0.